The highest BCUT2D eigenvalue weighted by Gasteiger charge is 2.15. The van der Waals surface area contributed by atoms with Crippen LogP contribution in [0.3, 0.4) is 0 Å². The van der Waals surface area contributed by atoms with Crippen molar-refractivity contribution in [3.63, 3.8) is 0 Å². The predicted octanol–water partition coefficient (Wildman–Crippen LogP) is 3.09. The molecule has 0 bridgehead atoms. The number of pyridine rings is 1. The number of H-pyrrole nitrogens is 1. The number of nitrogens with zero attached hydrogens (tertiary/aromatic N) is 1. The number of hydrogen-bond acceptors (Lipinski definition) is 2. The largest absolute Gasteiger partial charge is 0.395 e. The molecule has 2 aromatic rings. The second-order valence-corrected chi connectivity index (χ2v) is 6.17. The molecule has 0 spiro atoms. The summed E-state index contributed by atoms with van der Waals surface area (Å²) < 4.78 is 2.00. The van der Waals surface area contributed by atoms with Crippen LogP contribution in [0.5, 0.6) is 0 Å². The fourth-order valence-corrected chi connectivity index (χ4v) is 2.85. The van der Waals surface area contributed by atoms with Gasteiger partial charge < -0.3 is 14.7 Å². The van der Waals surface area contributed by atoms with E-state index in [1.807, 2.05) is 24.6 Å². The molecule has 0 radical (unpaired) electrons. The monoisotopic (exact) mass is 344 g/mol. The van der Waals surface area contributed by atoms with Gasteiger partial charge in [0.25, 0.3) is 0 Å². The van der Waals surface area contributed by atoms with Crippen molar-refractivity contribution >= 4 is 16.6 Å². The molecule has 2 rings (SSSR count). The fraction of sp³-hybridized carbons (Fsp3) is 0.316. The van der Waals surface area contributed by atoms with Crippen LogP contribution >= 0.6 is 11.6 Å². The number of aromatic nitrogens is 2. The van der Waals surface area contributed by atoms with E-state index in [4.69, 9.17) is 16.7 Å². The molecule has 2 heterocycles. The van der Waals surface area contributed by atoms with Crippen molar-refractivity contribution in [1.82, 2.24) is 9.55 Å². The molecule has 0 atom stereocenters. The van der Waals surface area contributed by atoms with Gasteiger partial charge in [0.05, 0.1) is 18.7 Å². The van der Waals surface area contributed by atoms with Crippen LogP contribution in [0.15, 0.2) is 23.8 Å². The van der Waals surface area contributed by atoms with E-state index in [1.165, 1.54) is 0 Å². The molecule has 126 valence electrons. The molecule has 0 amide bonds. The molecule has 2 aromatic heterocycles. The summed E-state index contributed by atoms with van der Waals surface area (Å²) in [4.78, 5) is 15.3. The lowest BCUT2D eigenvalue weighted by Crippen LogP contribution is -2.15. The zero-order valence-electron chi connectivity index (χ0n) is 14.2. The Balaban J connectivity index is 2.47. The van der Waals surface area contributed by atoms with Crippen LogP contribution in [0.1, 0.15) is 40.1 Å². The number of rotatable bonds is 4. The smallest absolute Gasteiger partial charge is 0.187 e. The zero-order chi connectivity index (χ0) is 17.9. The van der Waals surface area contributed by atoms with Crippen molar-refractivity contribution in [1.29, 1.82) is 0 Å². The maximum absolute atomic E-state index is 12.1. The Labute approximate surface area is 146 Å². The van der Waals surface area contributed by atoms with E-state index in [0.29, 0.717) is 29.1 Å². The quantitative estimate of drug-likeness (QED) is 0.837. The van der Waals surface area contributed by atoms with E-state index in [-0.39, 0.29) is 12.0 Å². The highest BCUT2D eigenvalue weighted by atomic mass is 35.5. The Morgan fingerprint density at radius 2 is 2.12 bits per heavy atom. The van der Waals surface area contributed by atoms with Crippen LogP contribution in [0, 0.1) is 32.6 Å². The molecule has 4 nitrogen and oxygen atoms in total. The Bertz CT molecular complexity index is 895. The van der Waals surface area contributed by atoms with Crippen molar-refractivity contribution in [2.24, 2.45) is 0 Å². The average molecular weight is 345 g/mol. The molecule has 0 aliphatic rings. The van der Waals surface area contributed by atoms with Gasteiger partial charge in [-0.3, -0.25) is 4.79 Å². The van der Waals surface area contributed by atoms with Gasteiger partial charge in [-0.05, 0) is 20.8 Å². The highest BCUT2D eigenvalue weighted by Crippen LogP contribution is 2.27. The van der Waals surface area contributed by atoms with Crippen LogP contribution in [0.25, 0.3) is 5.03 Å². The summed E-state index contributed by atoms with van der Waals surface area (Å²) in [7, 11) is 0. The highest BCUT2D eigenvalue weighted by molar-refractivity contribution is 6.48. The summed E-state index contributed by atoms with van der Waals surface area (Å²) >= 11 is 6.14. The van der Waals surface area contributed by atoms with E-state index in [0.717, 1.165) is 22.5 Å². The minimum Gasteiger partial charge on any atom is -0.395 e. The molecule has 0 saturated carbocycles. The standard InChI is InChI=1S/C19H21ClN2O2/c1-12-9-21-17(13(2)19(12)24)11-22-10-16(7-5-6-8-23)18(14(3)20)15(22)4/h9-10,23H,3,6,8,11H2,1-2,4H3,(H,21,24). The Kier molecular flexibility index (Phi) is 5.71. The molecule has 0 unspecified atom stereocenters. The number of nitrogens with one attached hydrogen (secondary N) is 1. The third kappa shape index (κ3) is 3.64. The van der Waals surface area contributed by atoms with Crippen molar-refractivity contribution in [2.45, 2.75) is 33.7 Å². The van der Waals surface area contributed by atoms with Gasteiger partial charge >= 0.3 is 0 Å². The van der Waals surface area contributed by atoms with Crippen LogP contribution in [0.4, 0.5) is 0 Å². The van der Waals surface area contributed by atoms with Gasteiger partial charge in [0.1, 0.15) is 0 Å². The first kappa shape index (κ1) is 18.1. The van der Waals surface area contributed by atoms with Crippen molar-refractivity contribution < 1.29 is 5.11 Å². The van der Waals surface area contributed by atoms with E-state index in [1.54, 1.807) is 13.1 Å². The normalized spacial score (nSPS) is 10.4. The minimum absolute atomic E-state index is 0.0215. The second kappa shape index (κ2) is 7.57. The predicted molar refractivity (Wildman–Crippen MR) is 98.3 cm³/mol. The molecular formula is C19H21ClN2O2. The third-order valence-corrected chi connectivity index (χ3v) is 4.21. The first-order valence-electron chi connectivity index (χ1n) is 7.68. The minimum atomic E-state index is 0.0215. The maximum Gasteiger partial charge on any atom is 0.187 e. The van der Waals surface area contributed by atoms with Gasteiger partial charge in [0.2, 0.25) is 0 Å². The van der Waals surface area contributed by atoms with Gasteiger partial charge in [-0.15, -0.1) is 0 Å². The summed E-state index contributed by atoms with van der Waals surface area (Å²) in [5, 5.41) is 9.30. The van der Waals surface area contributed by atoms with Gasteiger partial charge in [0.15, 0.2) is 5.43 Å². The maximum atomic E-state index is 12.1. The number of hydrogen-bond donors (Lipinski definition) is 2. The zero-order valence-corrected chi connectivity index (χ0v) is 14.9. The van der Waals surface area contributed by atoms with E-state index in [9.17, 15) is 4.79 Å². The molecule has 0 saturated heterocycles. The molecule has 0 aromatic carbocycles. The number of aromatic amines is 1. The van der Waals surface area contributed by atoms with E-state index in [2.05, 4.69) is 23.4 Å². The molecule has 5 heteroatoms. The van der Waals surface area contributed by atoms with Crippen LogP contribution < -0.4 is 5.43 Å². The van der Waals surface area contributed by atoms with Crippen LogP contribution in [-0.4, -0.2) is 21.3 Å². The van der Waals surface area contributed by atoms with Crippen LogP contribution in [0.2, 0.25) is 0 Å². The van der Waals surface area contributed by atoms with Gasteiger partial charge in [-0.25, -0.2) is 0 Å². The van der Waals surface area contributed by atoms with E-state index < -0.39 is 0 Å². The number of aliphatic hydroxyl groups is 1. The first-order valence-corrected chi connectivity index (χ1v) is 8.06. The van der Waals surface area contributed by atoms with E-state index >= 15 is 0 Å². The summed E-state index contributed by atoms with van der Waals surface area (Å²) in [5.74, 6) is 5.94. The number of halogens is 1. The number of aryl methyl sites for hydroxylation is 1. The van der Waals surface area contributed by atoms with Crippen molar-refractivity contribution in [3.05, 3.63) is 62.8 Å². The lowest BCUT2D eigenvalue weighted by Gasteiger charge is -2.10. The third-order valence-electron chi connectivity index (χ3n) is 4.02. The Morgan fingerprint density at radius 1 is 1.42 bits per heavy atom. The van der Waals surface area contributed by atoms with Gasteiger partial charge in [-0.1, -0.05) is 30.0 Å². The molecule has 0 fully saturated rings. The summed E-state index contributed by atoms with van der Waals surface area (Å²) in [5.41, 5.74) is 4.82. The summed E-state index contributed by atoms with van der Waals surface area (Å²) in [6, 6.07) is 0. The lowest BCUT2D eigenvalue weighted by molar-refractivity contribution is 0.305. The van der Waals surface area contributed by atoms with Crippen LogP contribution in [-0.2, 0) is 6.54 Å². The summed E-state index contributed by atoms with van der Waals surface area (Å²) in [6.45, 7) is 9.92. The Morgan fingerprint density at radius 3 is 2.75 bits per heavy atom. The summed E-state index contributed by atoms with van der Waals surface area (Å²) in [6.07, 6.45) is 4.04. The first-order chi connectivity index (χ1) is 11.4. The second-order valence-electron chi connectivity index (χ2n) is 5.72. The average Bonchev–Trinajstić information content (AvgIpc) is 2.84. The molecule has 2 N–H and O–H groups in total. The molecule has 0 aliphatic carbocycles. The van der Waals surface area contributed by atoms with Crippen molar-refractivity contribution in [3.8, 4) is 11.8 Å². The molecule has 24 heavy (non-hydrogen) atoms. The van der Waals surface area contributed by atoms with Gasteiger partial charge in [0, 0.05) is 51.9 Å². The number of aliphatic hydroxyl groups excluding tert-OH is 1. The van der Waals surface area contributed by atoms with Gasteiger partial charge in [-0.2, -0.15) is 0 Å². The topological polar surface area (TPSA) is 58.0 Å². The molecular weight excluding hydrogens is 324 g/mol. The lowest BCUT2D eigenvalue weighted by atomic mass is 10.1. The Hall–Kier alpha value is -2.22. The SMILES string of the molecule is C=C(Cl)c1c(C#CCCO)cn(Cc2[nH]cc(C)c(=O)c2C)c1C. The fourth-order valence-electron chi connectivity index (χ4n) is 2.61. The van der Waals surface area contributed by atoms with Crippen molar-refractivity contribution in [2.75, 3.05) is 6.61 Å². The molecule has 0 aliphatic heterocycles.